The van der Waals surface area contributed by atoms with E-state index in [1.165, 1.54) is 0 Å². The Morgan fingerprint density at radius 1 is 1.33 bits per heavy atom. The zero-order valence-electron chi connectivity index (χ0n) is 12.1. The van der Waals surface area contributed by atoms with Crippen LogP contribution in [0.1, 0.15) is 19.3 Å². The quantitative estimate of drug-likeness (QED) is 0.831. The van der Waals surface area contributed by atoms with Crippen molar-refractivity contribution in [1.29, 1.82) is 0 Å². The summed E-state index contributed by atoms with van der Waals surface area (Å²) in [6, 6.07) is 6.93. The van der Waals surface area contributed by atoms with E-state index in [1.54, 1.807) is 22.5 Å². The van der Waals surface area contributed by atoms with E-state index in [1.807, 2.05) is 13.1 Å². The zero-order valence-corrected chi connectivity index (χ0v) is 15.3. The first kappa shape index (κ1) is 18.9. The van der Waals surface area contributed by atoms with E-state index in [2.05, 4.69) is 21.2 Å². The fourth-order valence-corrected chi connectivity index (χ4v) is 4.63. The molecule has 1 N–H and O–H groups in total. The molecule has 1 heterocycles. The smallest absolute Gasteiger partial charge is 0.243 e. The van der Waals surface area contributed by atoms with Gasteiger partial charge in [0.1, 0.15) is 0 Å². The molecule has 0 atom stereocenters. The van der Waals surface area contributed by atoms with E-state index < -0.39 is 10.0 Å². The number of nitrogens with one attached hydrogen (secondary N) is 1. The van der Waals surface area contributed by atoms with Crippen LogP contribution in [0, 0.1) is 5.92 Å². The van der Waals surface area contributed by atoms with Gasteiger partial charge in [-0.1, -0.05) is 22.0 Å². The Hall–Kier alpha value is -0.140. The maximum atomic E-state index is 12.6. The molecule has 0 spiro atoms. The fraction of sp³-hybridized carbons (Fsp3) is 0.571. The van der Waals surface area contributed by atoms with Crippen molar-refractivity contribution >= 4 is 38.4 Å². The van der Waals surface area contributed by atoms with Crippen molar-refractivity contribution in [2.24, 2.45) is 5.92 Å². The fourth-order valence-electron chi connectivity index (χ4n) is 2.56. The van der Waals surface area contributed by atoms with Gasteiger partial charge in [0.25, 0.3) is 0 Å². The molecule has 1 aromatic carbocycles. The molecule has 2 rings (SSSR count). The number of rotatable bonds is 5. The summed E-state index contributed by atoms with van der Waals surface area (Å²) in [7, 11) is -1.39. The van der Waals surface area contributed by atoms with Gasteiger partial charge in [-0.25, -0.2) is 8.42 Å². The molecule has 1 aliphatic heterocycles. The monoisotopic (exact) mass is 396 g/mol. The first-order valence-corrected chi connectivity index (χ1v) is 9.17. The second-order valence-corrected chi connectivity index (χ2v) is 8.05. The van der Waals surface area contributed by atoms with Crippen LogP contribution >= 0.6 is 28.3 Å². The van der Waals surface area contributed by atoms with Gasteiger partial charge >= 0.3 is 0 Å². The predicted molar refractivity (Wildman–Crippen MR) is 91.4 cm³/mol. The molecule has 1 aliphatic rings. The molecule has 1 saturated heterocycles. The van der Waals surface area contributed by atoms with Gasteiger partial charge in [-0.15, -0.1) is 12.4 Å². The third-order valence-corrected chi connectivity index (χ3v) is 6.20. The van der Waals surface area contributed by atoms with Crippen LogP contribution in [-0.4, -0.2) is 39.4 Å². The summed E-state index contributed by atoms with van der Waals surface area (Å²) >= 11 is 3.33. The van der Waals surface area contributed by atoms with E-state index in [0.29, 0.717) is 23.9 Å². The molecule has 21 heavy (non-hydrogen) atoms. The Labute approximate surface area is 141 Å². The molecule has 0 amide bonds. The van der Waals surface area contributed by atoms with Crippen LogP contribution in [0.15, 0.2) is 33.6 Å². The summed E-state index contributed by atoms with van der Waals surface area (Å²) in [6.45, 7) is 2.26. The van der Waals surface area contributed by atoms with Crippen molar-refractivity contribution in [3.63, 3.8) is 0 Å². The van der Waals surface area contributed by atoms with Crippen molar-refractivity contribution in [2.75, 3.05) is 26.7 Å². The summed E-state index contributed by atoms with van der Waals surface area (Å²) < 4.78 is 27.5. The van der Waals surface area contributed by atoms with E-state index in [9.17, 15) is 8.42 Å². The highest BCUT2D eigenvalue weighted by atomic mass is 79.9. The summed E-state index contributed by atoms with van der Waals surface area (Å²) in [5.74, 6) is 0.636. The largest absolute Gasteiger partial charge is 0.320 e. The average molecular weight is 398 g/mol. The second kappa shape index (κ2) is 8.48. The Morgan fingerprint density at radius 3 is 2.57 bits per heavy atom. The van der Waals surface area contributed by atoms with E-state index >= 15 is 0 Å². The lowest BCUT2D eigenvalue weighted by molar-refractivity contribution is 0.263. The predicted octanol–water partition coefficient (Wildman–Crippen LogP) is 2.88. The molecule has 7 heteroatoms. The molecule has 0 aliphatic carbocycles. The van der Waals surface area contributed by atoms with Crippen LogP contribution < -0.4 is 5.32 Å². The normalized spacial score (nSPS) is 17.4. The molecule has 0 saturated carbocycles. The molecule has 120 valence electrons. The average Bonchev–Trinajstić information content (AvgIpc) is 2.45. The van der Waals surface area contributed by atoms with E-state index in [-0.39, 0.29) is 12.4 Å². The minimum Gasteiger partial charge on any atom is -0.320 e. The van der Waals surface area contributed by atoms with Crippen LogP contribution in [-0.2, 0) is 10.0 Å². The number of piperidine rings is 1. The maximum Gasteiger partial charge on any atom is 0.243 e. The number of hydrogen-bond acceptors (Lipinski definition) is 3. The van der Waals surface area contributed by atoms with Crippen molar-refractivity contribution in [2.45, 2.75) is 24.2 Å². The summed E-state index contributed by atoms with van der Waals surface area (Å²) in [5, 5.41) is 3.15. The van der Waals surface area contributed by atoms with Gasteiger partial charge in [0.05, 0.1) is 4.90 Å². The zero-order chi connectivity index (χ0) is 14.6. The Morgan fingerprint density at radius 2 is 2.00 bits per heavy atom. The molecule has 4 nitrogen and oxygen atoms in total. The molecular weight excluding hydrogens is 376 g/mol. The molecular formula is C14H22BrClN2O2S. The van der Waals surface area contributed by atoms with E-state index in [4.69, 9.17) is 0 Å². The summed E-state index contributed by atoms with van der Waals surface area (Å²) in [4.78, 5) is 0.376. The van der Waals surface area contributed by atoms with Gasteiger partial charge in [0.15, 0.2) is 0 Å². The van der Waals surface area contributed by atoms with Crippen LogP contribution in [0.25, 0.3) is 0 Å². The number of sulfonamides is 1. The lowest BCUT2D eigenvalue weighted by Gasteiger charge is -2.31. The topological polar surface area (TPSA) is 49.4 Å². The first-order valence-electron chi connectivity index (χ1n) is 6.94. The van der Waals surface area contributed by atoms with Gasteiger partial charge in [-0.3, -0.25) is 0 Å². The van der Waals surface area contributed by atoms with Crippen molar-refractivity contribution in [3.05, 3.63) is 28.7 Å². The minimum absolute atomic E-state index is 0. The molecule has 0 aromatic heterocycles. The van der Waals surface area contributed by atoms with Gasteiger partial charge < -0.3 is 5.32 Å². The van der Waals surface area contributed by atoms with Gasteiger partial charge in [0.2, 0.25) is 10.0 Å². The Kier molecular flexibility index (Phi) is 7.64. The number of nitrogens with zero attached hydrogens (tertiary/aromatic N) is 1. The third kappa shape index (κ3) is 4.93. The highest BCUT2D eigenvalue weighted by Gasteiger charge is 2.29. The van der Waals surface area contributed by atoms with Crippen molar-refractivity contribution in [3.8, 4) is 0 Å². The van der Waals surface area contributed by atoms with E-state index in [0.717, 1.165) is 30.3 Å². The molecule has 1 fully saturated rings. The highest BCUT2D eigenvalue weighted by molar-refractivity contribution is 9.10. The Balaban J connectivity index is 0.00000220. The molecule has 0 unspecified atom stereocenters. The van der Waals surface area contributed by atoms with Crippen molar-refractivity contribution in [1.82, 2.24) is 9.62 Å². The minimum atomic E-state index is -3.34. The number of benzene rings is 1. The first-order chi connectivity index (χ1) is 9.54. The third-order valence-electron chi connectivity index (χ3n) is 3.81. The highest BCUT2D eigenvalue weighted by Crippen LogP contribution is 2.26. The van der Waals surface area contributed by atoms with Crippen molar-refractivity contribution < 1.29 is 8.42 Å². The molecule has 0 bridgehead atoms. The maximum absolute atomic E-state index is 12.6. The summed E-state index contributed by atoms with van der Waals surface area (Å²) in [6.07, 6.45) is 3.03. The second-order valence-electron chi connectivity index (χ2n) is 5.20. The van der Waals surface area contributed by atoms with Crippen LogP contribution in [0.5, 0.6) is 0 Å². The standard InChI is InChI=1S/C14H21BrN2O2S.ClH/c1-16-8-5-12-6-9-17(10-7-12)20(18,19)14-4-2-3-13(15)11-14;/h2-4,11-12,16H,5-10H2,1H3;1H. The number of hydrogen-bond donors (Lipinski definition) is 1. The van der Waals surface area contributed by atoms with Gasteiger partial charge in [0, 0.05) is 17.6 Å². The summed E-state index contributed by atoms with van der Waals surface area (Å²) in [5.41, 5.74) is 0. The van der Waals surface area contributed by atoms with Crippen LogP contribution in [0.2, 0.25) is 0 Å². The van der Waals surface area contributed by atoms with Gasteiger partial charge in [-0.05, 0) is 57.0 Å². The van der Waals surface area contributed by atoms with Crippen LogP contribution in [0.3, 0.4) is 0 Å². The van der Waals surface area contributed by atoms with Crippen LogP contribution in [0.4, 0.5) is 0 Å². The molecule has 1 aromatic rings. The molecule has 0 radical (unpaired) electrons. The SMILES string of the molecule is CNCCC1CCN(S(=O)(=O)c2cccc(Br)c2)CC1.Cl. The Bertz CT molecular complexity index is 546. The lowest BCUT2D eigenvalue weighted by atomic mass is 9.95. The van der Waals surface area contributed by atoms with Gasteiger partial charge in [-0.2, -0.15) is 4.31 Å². The lowest BCUT2D eigenvalue weighted by Crippen LogP contribution is -2.38. The number of halogens is 2.